The highest BCUT2D eigenvalue weighted by Crippen LogP contribution is 2.38. The fourth-order valence-electron chi connectivity index (χ4n) is 4.87. The largest absolute Gasteiger partial charge is 0.373 e. The molecule has 3 aliphatic heterocycles. The summed E-state index contributed by atoms with van der Waals surface area (Å²) in [5, 5.41) is 0. The molecule has 1 aromatic rings. The van der Waals surface area contributed by atoms with Crippen molar-refractivity contribution < 1.29 is 13.5 Å². The summed E-state index contributed by atoms with van der Waals surface area (Å²) in [4.78, 5) is 5.04. The Balaban J connectivity index is 1.22. The van der Waals surface area contributed by atoms with Crippen LogP contribution < -0.4 is 5.73 Å². The van der Waals surface area contributed by atoms with Crippen LogP contribution in [0, 0.1) is 17.6 Å². The van der Waals surface area contributed by atoms with E-state index >= 15 is 0 Å². The smallest absolute Gasteiger partial charge is 0.129 e. The maximum atomic E-state index is 14.1. The lowest BCUT2D eigenvalue weighted by molar-refractivity contribution is -0.0473. The summed E-state index contributed by atoms with van der Waals surface area (Å²) in [6.07, 6.45) is 4.10. The average molecular weight is 375 g/mol. The second-order valence-electron chi connectivity index (χ2n) is 8.57. The van der Waals surface area contributed by atoms with Crippen LogP contribution in [0.15, 0.2) is 29.5 Å². The third-order valence-corrected chi connectivity index (χ3v) is 6.58. The maximum absolute atomic E-state index is 14.1. The van der Waals surface area contributed by atoms with Gasteiger partial charge < -0.3 is 15.4 Å². The molecule has 0 bridgehead atoms. The van der Waals surface area contributed by atoms with Gasteiger partial charge in [-0.25, -0.2) is 8.78 Å². The number of benzene rings is 1. The Kier molecular flexibility index (Phi) is 4.45. The van der Waals surface area contributed by atoms with Gasteiger partial charge in [0.25, 0.3) is 0 Å². The summed E-state index contributed by atoms with van der Waals surface area (Å²) in [7, 11) is 0. The van der Waals surface area contributed by atoms with Gasteiger partial charge in [-0.1, -0.05) is 0 Å². The van der Waals surface area contributed by atoms with E-state index in [4.69, 9.17) is 10.5 Å². The molecular weight excluding hydrogens is 348 g/mol. The van der Waals surface area contributed by atoms with Crippen LogP contribution in [0.4, 0.5) is 8.78 Å². The molecule has 0 amide bonds. The molecule has 1 saturated heterocycles. The van der Waals surface area contributed by atoms with E-state index < -0.39 is 17.7 Å². The minimum Gasteiger partial charge on any atom is -0.373 e. The first-order valence-corrected chi connectivity index (χ1v) is 10.1. The fraction of sp³-hybridized carbons (Fsp3) is 0.619. The van der Waals surface area contributed by atoms with E-state index in [0.29, 0.717) is 6.61 Å². The lowest BCUT2D eigenvalue weighted by Crippen LogP contribution is -2.49. The van der Waals surface area contributed by atoms with E-state index in [0.717, 1.165) is 37.6 Å². The molecular formula is C21H27F2N3O. The zero-order chi connectivity index (χ0) is 18.5. The molecule has 3 unspecified atom stereocenters. The second kappa shape index (κ2) is 6.83. The van der Waals surface area contributed by atoms with Gasteiger partial charge in [-0.15, -0.1) is 0 Å². The summed E-state index contributed by atoms with van der Waals surface area (Å²) in [6, 6.07) is 3.39. The Labute approximate surface area is 158 Å². The van der Waals surface area contributed by atoms with Crippen molar-refractivity contribution >= 4 is 0 Å². The highest BCUT2D eigenvalue weighted by Gasteiger charge is 2.39. The molecule has 0 radical (unpaired) electrons. The Hall–Kier alpha value is -1.50. The van der Waals surface area contributed by atoms with Crippen molar-refractivity contribution in [2.24, 2.45) is 11.7 Å². The highest BCUT2D eigenvalue weighted by atomic mass is 19.1. The Morgan fingerprint density at radius 2 is 2.04 bits per heavy atom. The van der Waals surface area contributed by atoms with Crippen LogP contribution in [-0.4, -0.2) is 54.7 Å². The first kappa shape index (κ1) is 17.6. The number of rotatable bonds is 4. The number of ether oxygens (including phenoxy) is 1. The number of nitrogens with two attached hydrogens (primary N) is 1. The lowest BCUT2D eigenvalue weighted by Gasteiger charge is -2.39. The minimum atomic E-state index is -0.578. The molecule has 4 nitrogen and oxygen atoms in total. The summed E-state index contributed by atoms with van der Waals surface area (Å²) in [5.41, 5.74) is 9.67. The van der Waals surface area contributed by atoms with Gasteiger partial charge in [0.1, 0.15) is 17.7 Å². The van der Waals surface area contributed by atoms with Gasteiger partial charge in [-0.2, -0.15) is 0 Å². The highest BCUT2D eigenvalue weighted by molar-refractivity contribution is 5.28. The monoisotopic (exact) mass is 375 g/mol. The SMILES string of the molecule is NC1CC(N2CC3=C(C2)N(CC2CC2)CC3)COC1c1cc(F)ccc1F. The molecule has 146 valence electrons. The molecule has 5 rings (SSSR count). The van der Waals surface area contributed by atoms with Gasteiger partial charge in [-0.05, 0) is 55.4 Å². The van der Waals surface area contributed by atoms with Crippen LogP contribution >= 0.6 is 0 Å². The lowest BCUT2D eigenvalue weighted by atomic mass is 9.93. The second-order valence-corrected chi connectivity index (χ2v) is 8.57. The molecule has 1 aliphatic carbocycles. The van der Waals surface area contributed by atoms with E-state index in [9.17, 15) is 8.78 Å². The van der Waals surface area contributed by atoms with Crippen LogP contribution in [0.3, 0.4) is 0 Å². The number of nitrogens with zero attached hydrogens (tertiary/aromatic N) is 2. The molecule has 4 aliphatic rings. The first-order valence-electron chi connectivity index (χ1n) is 10.1. The third-order valence-electron chi connectivity index (χ3n) is 6.58. The zero-order valence-corrected chi connectivity index (χ0v) is 15.5. The van der Waals surface area contributed by atoms with E-state index in [2.05, 4.69) is 9.80 Å². The molecule has 2 fully saturated rings. The van der Waals surface area contributed by atoms with Gasteiger partial charge in [0, 0.05) is 49.5 Å². The first-order chi connectivity index (χ1) is 13.1. The quantitative estimate of drug-likeness (QED) is 0.879. The van der Waals surface area contributed by atoms with Crippen molar-refractivity contribution in [3.05, 3.63) is 46.7 Å². The molecule has 0 spiro atoms. The number of hydrogen-bond acceptors (Lipinski definition) is 4. The predicted octanol–water partition coefficient (Wildman–Crippen LogP) is 2.81. The summed E-state index contributed by atoms with van der Waals surface area (Å²) >= 11 is 0. The maximum Gasteiger partial charge on any atom is 0.129 e. The van der Waals surface area contributed by atoms with Gasteiger partial charge in [0.15, 0.2) is 0 Å². The Bertz CT molecular complexity index is 764. The van der Waals surface area contributed by atoms with E-state index in [1.165, 1.54) is 44.1 Å². The van der Waals surface area contributed by atoms with Crippen molar-refractivity contribution in [3.8, 4) is 0 Å². The standard InChI is InChI=1S/C21H27F2N3O/c22-15-3-4-18(23)17(7-15)21-19(24)8-16(12-27-21)26-10-14-5-6-25(20(14)11-26)9-13-1-2-13/h3-4,7,13,16,19,21H,1-2,5-6,8-12,24H2. The molecule has 6 heteroatoms. The van der Waals surface area contributed by atoms with Gasteiger partial charge in [0.05, 0.1) is 6.61 Å². The Morgan fingerprint density at radius 1 is 1.19 bits per heavy atom. The van der Waals surface area contributed by atoms with E-state index in [-0.39, 0.29) is 17.6 Å². The van der Waals surface area contributed by atoms with Crippen molar-refractivity contribution in [1.29, 1.82) is 0 Å². The van der Waals surface area contributed by atoms with Crippen LogP contribution in [0.5, 0.6) is 0 Å². The third kappa shape index (κ3) is 3.39. The van der Waals surface area contributed by atoms with Gasteiger partial charge in [0.2, 0.25) is 0 Å². The number of hydrogen-bond donors (Lipinski definition) is 1. The molecule has 27 heavy (non-hydrogen) atoms. The summed E-state index contributed by atoms with van der Waals surface area (Å²) in [6.45, 7) is 4.88. The fourth-order valence-corrected chi connectivity index (χ4v) is 4.87. The van der Waals surface area contributed by atoms with Gasteiger partial charge in [-0.3, -0.25) is 4.90 Å². The normalized spacial score (nSPS) is 31.7. The molecule has 2 N–H and O–H groups in total. The van der Waals surface area contributed by atoms with Crippen molar-refractivity contribution in [1.82, 2.24) is 9.80 Å². The Morgan fingerprint density at radius 3 is 2.81 bits per heavy atom. The number of halogens is 2. The average Bonchev–Trinajstić information content (AvgIpc) is 3.24. The van der Waals surface area contributed by atoms with Crippen LogP contribution in [0.2, 0.25) is 0 Å². The predicted molar refractivity (Wildman–Crippen MR) is 98.9 cm³/mol. The molecule has 1 saturated carbocycles. The van der Waals surface area contributed by atoms with Crippen LogP contribution in [0.1, 0.15) is 37.4 Å². The molecule has 3 heterocycles. The van der Waals surface area contributed by atoms with Crippen molar-refractivity contribution in [2.75, 3.05) is 32.8 Å². The van der Waals surface area contributed by atoms with Gasteiger partial charge >= 0.3 is 0 Å². The minimum absolute atomic E-state index is 0.235. The van der Waals surface area contributed by atoms with Crippen molar-refractivity contribution in [3.63, 3.8) is 0 Å². The summed E-state index contributed by atoms with van der Waals surface area (Å²) in [5.74, 6) is -0.00709. The van der Waals surface area contributed by atoms with Crippen LogP contribution in [-0.2, 0) is 4.74 Å². The van der Waals surface area contributed by atoms with E-state index in [1.807, 2.05) is 0 Å². The topological polar surface area (TPSA) is 41.7 Å². The van der Waals surface area contributed by atoms with Crippen molar-refractivity contribution in [2.45, 2.75) is 43.9 Å². The summed E-state index contributed by atoms with van der Waals surface area (Å²) < 4.78 is 33.6. The molecule has 1 aromatic carbocycles. The van der Waals surface area contributed by atoms with E-state index in [1.54, 1.807) is 5.57 Å². The zero-order valence-electron chi connectivity index (χ0n) is 15.5. The molecule has 3 atom stereocenters. The van der Waals surface area contributed by atoms with Crippen LogP contribution in [0.25, 0.3) is 0 Å². The molecule has 0 aromatic heterocycles.